The number of benzene rings is 1. The quantitative estimate of drug-likeness (QED) is 0.0754. The lowest BCUT2D eigenvalue weighted by Crippen LogP contribution is -2.56. The summed E-state index contributed by atoms with van der Waals surface area (Å²) in [7, 11) is 1.26. The van der Waals surface area contributed by atoms with E-state index in [2.05, 4.69) is 66.9 Å². The van der Waals surface area contributed by atoms with Crippen LogP contribution >= 0.6 is 11.8 Å². The maximum absolute atomic E-state index is 13.4. The number of hydrogen-bond acceptors (Lipinski definition) is 7. The molecule has 0 saturated heterocycles. The van der Waals surface area contributed by atoms with Crippen molar-refractivity contribution in [3.05, 3.63) is 71.0 Å². The number of carbonyl (C=O) groups is 4. The van der Waals surface area contributed by atoms with Gasteiger partial charge >= 0.3 is 12.1 Å². The number of aromatic amines is 1. The Morgan fingerprint density at radius 3 is 2.20 bits per heavy atom. The summed E-state index contributed by atoms with van der Waals surface area (Å²) in [4.78, 5) is 55.1. The number of H-pyrrole nitrogens is 1. The number of ether oxygens (including phenoxy) is 2. The van der Waals surface area contributed by atoms with Crippen LogP contribution in [0.5, 0.6) is 0 Å². The van der Waals surface area contributed by atoms with Crippen molar-refractivity contribution in [1.29, 1.82) is 0 Å². The molecule has 2 aromatic rings. The Balaban J connectivity index is 2.01. The maximum Gasteiger partial charge on any atom is 0.408 e. The van der Waals surface area contributed by atoms with Gasteiger partial charge in [0.1, 0.15) is 23.7 Å². The Morgan fingerprint density at radius 2 is 1.55 bits per heavy atom. The van der Waals surface area contributed by atoms with Crippen LogP contribution in [0.2, 0.25) is 0 Å². The van der Waals surface area contributed by atoms with Gasteiger partial charge in [-0.15, -0.1) is 0 Å². The standard InChI is InChI=1S/C38H56N4O6S/c1-25(2)15-14-18-26(3)16-10-11-17-27(4)23-49-24-33(42-37(46)48-38(6,7)8)35(44)40-28(5)34(43)41-32(36(45)47-9)21-29-22-39-31-20-13-12-19-30(29)31/h12-13,15-17,19-20,22,28,32-33,39H,10-11,14,18,21,23-24H2,1-9H3,(H,40,44)(H,41,43)(H,42,46)/b26-16+,27-17?/t28-,32-,33-/m0/s1. The van der Waals surface area contributed by atoms with Gasteiger partial charge < -0.3 is 30.4 Å². The first-order chi connectivity index (χ1) is 23.1. The highest BCUT2D eigenvalue weighted by Crippen LogP contribution is 2.20. The largest absolute Gasteiger partial charge is 0.467 e. The van der Waals surface area contributed by atoms with E-state index in [1.54, 1.807) is 27.0 Å². The number of methoxy groups -OCH3 is 1. The summed E-state index contributed by atoms with van der Waals surface area (Å²) in [6.07, 6.45) is 12.0. The van der Waals surface area contributed by atoms with Gasteiger partial charge in [-0.25, -0.2) is 9.59 Å². The molecule has 0 radical (unpaired) electrons. The van der Waals surface area contributed by atoms with Crippen molar-refractivity contribution in [2.45, 2.75) is 111 Å². The van der Waals surface area contributed by atoms with Crippen molar-refractivity contribution in [1.82, 2.24) is 20.9 Å². The van der Waals surface area contributed by atoms with Crippen molar-refractivity contribution in [3.8, 4) is 0 Å². The Kier molecular flexibility index (Phi) is 17.2. The van der Waals surface area contributed by atoms with E-state index >= 15 is 0 Å². The lowest BCUT2D eigenvalue weighted by atomic mass is 10.0. The number of thioether (sulfide) groups is 1. The molecular formula is C38H56N4O6S. The zero-order chi connectivity index (χ0) is 36.6. The molecule has 10 nitrogen and oxygen atoms in total. The van der Waals surface area contributed by atoms with E-state index in [0.29, 0.717) is 5.75 Å². The highest BCUT2D eigenvalue weighted by Gasteiger charge is 2.29. The topological polar surface area (TPSA) is 139 Å². The second-order valence-electron chi connectivity index (χ2n) is 13.6. The molecule has 0 unspecified atom stereocenters. The molecule has 270 valence electrons. The molecular weight excluding hydrogens is 641 g/mol. The Labute approximate surface area is 296 Å². The molecule has 0 fully saturated rings. The van der Waals surface area contributed by atoms with Gasteiger partial charge in [0.25, 0.3) is 0 Å². The number of unbranched alkanes of at least 4 members (excludes halogenated alkanes) is 1. The first-order valence-corrected chi connectivity index (χ1v) is 18.0. The van der Waals surface area contributed by atoms with E-state index in [-0.39, 0.29) is 12.2 Å². The molecule has 0 saturated carbocycles. The summed E-state index contributed by atoms with van der Waals surface area (Å²) >= 11 is 1.51. The number of fused-ring (bicyclic) bond motifs is 1. The van der Waals surface area contributed by atoms with Crippen LogP contribution in [-0.4, -0.2) is 71.2 Å². The van der Waals surface area contributed by atoms with E-state index < -0.39 is 47.6 Å². The molecule has 0 aliphatic rings. The summed E-state index contributed by atoms with van der Waals surface area (Å²) < 4.78 is 10.4. The number of hydrogen-bond donors (Lipinski definition) is 4. The average Bonchev–Trinajstić information content (AvgIpc) is 3.43. The van der Waals surface area contributed by atoms with Gasteiger partial charge in [-0.1, -0.05) is 53.1 Å². The lowest BCUT2D eigenvalue weighted by Gasteiger charge is -2.25. The third-order valence-electron chi connectivity index (χ3n) is 7.52. The molecule has 1 aromatic carbocycles. The maximum atomic E-state index is 13.4. The third kappa shape index (κ3) is 15.8. The minimum absolute atomic E-state index is 0.196. The minimum atomic E-state index is -1.00. The summed E-state index contributed by atoms with van der Waals surface area (Å²) in [6.45, 7) is 15.2. The number of nitrogens with one attached hydrogen (secondary N) is 4. The number of aromatic nitrogens is 1. The summed E-state index contributed by atoms with van der Waals surface area (Å²) in [5, 5.41) is 9.00. The number of para-hydroxylation sites is 1. The van der Waals surface area contributed by atoms with E-state index in [9.17, 15) is 19.2 Å². The highest BCUT2D eigenvalue weighted by molar-refractivity contribution is 7.99. The summed E-state index contributed by atoms with van der Waals surface area (Å²) in [5.41, 5.74) is 4.90. The van der Waals surface area contributed by atoms with E-state index in [4.69, 9.17) is 9.47 Å². The monoisotopic (exact) mass is 696 g/mol. The summed E-state index contributed by atoms with van der Waals surface area (Å²) in [6, 6.07) is 4.72. The van der Waals surface area contributed by atoms with E-state index in [0.717, 1.165) is 42.1 Å². The second-order valence-corrected chi connectivity index (χ2v) is 14.6. The fraction of sp³-hybridized carbons (Fsp3) is 0.526. The predicted molar refractivity (Wildman–Crippen MR) is 199 cm³/mol. The average molecular weight is 697 g/mol. The molecule has 3 atom stereocenters. The minimum Gasteiger partial charge on any atom is -0.467 e. The molecule has 49 heavy (non-hydrogen) atoms. The molecule has 1 heterocycles. The fourth-order valence-electron chi connectivity index (χ4n) is 4.91. The first-order valence-electron chi connectivity index (χ1n) is 16.8. The van der Waals surface area contributed by atoms with Crippen LogP contribution in [0.15, 0.2) is 65.4 Å². The molecule has 1 aromatic heterocycles. The zero-order valence-corrected chi connectivity index (χ0v) is 31.5. The third-order valence-corrected chi connectivity index (χ3v) is 8.75. The van der Waals surface area contributed by atoms with E-state index in [1.807, 2.05) is 24.3 Å². The summed E-state index contributed by atoms with van der Waals surface area (Å²) in [5.74, 6) is -0.769. The van der Waals surface area contributed by atoms with Gasteiger partial charge in [0.2, 0.25) is 11.8 Å². The smallest absolute Gasteiger partial charge is 0.408 e. The van der Waals surface area contributed by atoms with Crippen LogP contribution < -0.4 is 16.0 Å². The van der Waals surface area contributed by atoms with Crippen LogP contribution in [0.1, 0.15) is 86.6 Å². The molecule has 3 amide bonds. The SMILES string of the molecule is COC(=O)[C@H](Cc1c[nH]c2ccccc12)NC(=O)[C@H](C)NC(=O)[C@H](CSCC(C)=CCC/C=C(\C)CCC=C(C)C)NC(=O)OC(C)(C)C. The van der Waals surface area contributed by atoms with Gasteiger partial charge in [0, 0.05) is 35.0 Å². The van der Waals surface area contributed by atoms with Gasteiger partial charge in [0.05, 0.1) is 7.11 Å². The zero-order valence-electron chi connectivity index (χ0n) is 30.7. The number of allylic oxidation sites excluding steroid dienone is 5. The molecule has 0 aliphatic heterocycles. The molecule has 0 spiro atoms. The van der Waals surface area contributed by atoms with Crippen LogP contribution in [-0.2, 0) is 30.3 Å². The van der Waals surface area contributed by atoms with Crippen molar-refractivity contribution < 1.29 is 28.7 Å². The number of rotatable bonds is 18. The van der Waals surface area contributed by atoms with Crippen LogP contribution in [0.25, 0.3) is 10.9 Å². The Bertz CT molecular complexity index is 1500. The second kappa shape index (κ2) is 20.5. The Morgan fingerprint density at radius 1 is 0.878 bits per heavy atom. The van der Waals surface area contributed by atoms with Crippen molar-refractivity contribution in [2.24, 2.45) is 0 Å². The molecule has 0 aliphatic carbocycles. The molecule has 0 bridgehead atoms. The van der Waals surface area contributed by atoms with Gasteiger partial charge in [-0.3, -0.25) is 9.59 Å². The number of alkyl carbamates (subject to hydrolysis) is 1. The van der Waals surface area contributed by atoms with E-state index in [1.165, 1.54) is 42.5 Å². The number of carbonyl (C=O) groups excluding carboxylic acids is 4. The van der Waals surface area contributed by atoms with Crippen molar-refractivity contribution >= 4 is 46.5 Å². The lowest BCUT2D eigenvalue weighted by molar-refractivity contribution is -0.145. The number of esters is 1. The van der Waals surface area contributed by atoms with Crippen LogP contribution in [0.4, 0.5) is 4.79 Å². The first kappa shape index (κ1) is 41.2. The molecule has 11 heteroatoms. The normalized spacial score (nSPS) is 14.0. The van der Waals surface area contributed by atoms with Crippen LogP contribution in [0, 0.1) is 0 Å². The van der Waals surface area contributed by atoms with Crippen molar-refractivity contribution in [2.75, 3.05) is 18.6 Å². The Hall–Kier alpha value is -3.99. The van der Waals surface area contributed by atoms with Gasteiger partial charge in [0.15, 0.2) is 0 Å². The van der Waals surface area contributed by atoms with Crippen LogP contribution in [0.3, 0.4) is 0 Å². The van der Waals surface area contributed by atoms with Crippen molar-refractivity contribution in [3.63, 3.8) is 0 Å². The van der Waals surface area contributed by atoms with Gasteiger partial charge in [-0.2, -0.15) is 11.8 Å². The van der Waals surface area contributed by atoms with Gasteiger partial charge in [-0.05, 0) is 92.7 Å². The fourth-order valence-corrected chi connectivity index (χ4v) is 5.94. The molecule has 4 N–H and O–H groups in total. The number of amides is 3. The highest BCUT2D eigenvalue weighted by atomic mass is 32.2. The molecule has 2 rings (SSSR count). The predicted octanol–water partition coefficient (Wildman–Crippen LogP) is 6.92.